The van der Waals surface area contributed by atoms with Crippen LogP contribution in [-0.2, 0) is 19.2 Å². The lowest BCUT2D eigenvalue weighted by Crippen LogP contribution is -2.01. The van der Waals surface area contributed by atoms with Crippen LogP contribution < -0.4 is 0 Å². The van der Waals surface area contributed by atoms with Crippen LogP contribution in [0.25, 0.3) is 0 Å². The predicted molar refractivity (Wildman–Crippen MR) is 47.3 cm³/mol. The molecule has 0 heterocycles. The summed E-state index contributed by atoms with van der Waals surface area (Å²) in [5.74, 6) is -0.884. The van der Waals surface area contributed by atoms with Crippen molar-refractivity contribution in [2.45, 2.75) is 34.1 Å². The van der Waals surface area contributed by atoms with Crippen molar-refractivity contribution in [1.29, 1.82) is 0 Å². The molecule has 0 unspecified atom stereocenters. The summed E-state index contributed by atoms with van der Waals surface area (Å²) in [5.41, 5.74) is 0. The summed E-state index contributed by atoms with van der Waals surface area (Å²) in [6.07, 6.45) is 0.0833. The third-order valence-corrected chi connectivity index (χ3v) is 0.994. The van der Waals surface area contributed by atoms with E-state index in [0.717, 1.165) is 0 Å². The van der Waals surface area contributed by atoms with Crippen molar-refractivity contribution in [3.8, 4) is 0 Å². The minimum atomic E-state index is -0.380. The highest BCUT2D eigenvalue weighted by atomic mass is 16.2. The average Bonchev–Trinajstić information content (AvgIpc) is 1.84. The standard InChI is InChI=1S/C5H8O2.C4H6O2/c1-4(6)3-5(2)7;1-3(5)4(2)6/h3H2,1-2H3;1-2H3. The van der Waals surface area contributed by atoms with E-state index in [4.69, 9.17) is 0 Å². The predicted octanol–water partition coefficient (Wildman–Crippen LogP) is 0.719. The van der Waals surface area contributed by atoms with Gasteiger partial charge in [-0.25, -0.2) is 0 Å². The first-order valence-corrected chi connectivity index (χ1v) is 3.77. The van der Waals surface area contributed by atoms with E-state index in [1.165, 1.54) is 27.7 Å². The molecule has 0 aromatic rings. The number of rotatable bonds is 3. The Morgan fingerprint density at radius 3 is 0.923 bits per heavy atom. The van der Waals surface area contributed by atoms with E-state index < -0.39 is 0 Å². The maximum atomic E-state index is 10.0. The summed E-state index contributed by atoms with van der Waals surface area (Å²) in [6, 6.07) is 0. The van der Waals surface area contributed by atoms with Crippen molar-refractivity contribution in [2.75, 3.05) is 0 Å². The van der Waals surface area contributed by atoms with Gasteiger partial charge in [0.05, 0.1) is 6.42 Å². The van der Waals surface area contributed by atoms with E-state index in [0.29, 0.717) is 0 Å². The molecule has 0 aliphatic carbocycles. The highest BCUT2D eigenvalue weighted by Crippen LogP contribution is 1.80. The monoisotopic (exact) mass is 186 g/mol. The maximum Gasteiger partial charge on any atom is 0.195 e. The summed E-state index contributed by atoms with van der Waals surface area (Å²) < 4.78 is 0. The summed E-state index contributed by atoms with van der Waals surface area (Å²) in [6.45, 7) is 5.31. The van der Waals surface area contributed by atoms with Gasteiger partial charge in [0.15, 0.2) is 11.6 Å². The van der Waals surface area contributed by atoms with E-state index in [1.54, 1.807) is 0 Å². The van der Waals surface area contributed by atoms with Gasteiger partial charge in [-0.3, -0.25) is 19.2 Å². The van der Waals surface area contributed by atoms with Gasteiger partial charge >= 0.3 is 0 Å². The fourth-order valence-corrected chi connectivity index (χ4v) is 0.351. The molecule has 0 amide bonds. The summed E-state index contributed by atoms with van der Waals surface area (Å²) in [5, 5.41) is 0. The fourth-order valence-electron chi connectivity index (χ4n) is 0.351. The van der Waals surface area contributed by atoms with Crippen molar-refractivity contribution in [3.05, 3.63) is 0 Å². The number of carbonyl (C=O) groups excluding carboxylic acids is 4. The molecule has 4 heteroatoms. The third kappa shape index (κ3) is 18.0. The minimum absolute atomic E-state index is 0.0625. The second-order valence-corrected chi connectivity index (χ2v) is 2.69. The zero-order valence-corrected chi connectivity index (χ0v) is 8.34. The number of Topliss-reactive ketones (excluding diaryl/α,β-unsaturated/α-hetero) is 4. The molecule has 0 rings (SSSR count). The van der Waals surface area contributed by atoms with Crippen LogP contribution in [0.4, 0.5) is 0 Å². The Morgan fingerprint density at radius 1 is 0.692 bits per heavy atom. The van der Waals surface area contributed by atoms with Crippen LogP contribution in [0.3, 0.4) is 0 Å². The zero-order chi connectivity index (χ0) is 11.0. The normalized spacial score (nSPS) is 8.00. The molecule has 0 N–H and O–H groups in total. The minimum Gasteiger partial charge on any atom is -0.300 e. The largest absolute Gasteiger partial charge is 0.300 e. The molecule has 0 atom stereocenters. The SMILES string of the molecule is CC(=O)C(C)=O.CC(=O)CC(C)=O. The van der Waals surface area contributed by atoms with E-state index in [2.05, 4.69) is 0 Å². The third-order valence-electron chi connectivity index (χ3n) is 0.994. The molecular weight excluding hydrogens is 172 g/mol. The molecule has 13 heavy (non-hydrogen) atoms. The van der Waals surface area contributed by atoms with E-state index in [9.17, 15) is 19.2 Å². The van der Waals surface area contributed by atoms with Crippen molar-refractivity contribution < 1.29 is 19.2 Å². The first-order chi connectivity index (χ1) is 5.77. The molecule has 0 saturated heterocycles. The van der Waals surface area contributed by atoms with Gasteiger partial charge in [0.25, 0.3) is 0 Å². The molecule has 0 aliphatic rings. The molecule has 4 nitrogen and oxygen atoms in total. The first-order valence-electron chi connectivity index (χ1n) is 3.77. The lowest BCUT2D eigenvalue weighted by Gasteiger charge is -1.81. The fraction of sp³-hybridized carbons (Fsp3) is 0.556. The van der Waals surface area contributed by atoms with Gasteiger partial charge in [-0.1, -0.05) is 0 Å². The van der Waals surface area contributed by atoms with Crippen LogP contribution in [0.1, 0.15) is 34.1 Å². The first kappa shape index (κ1) is 14.2. The Balaban J connectivity index is 0. The molecule has 0 spiro atoms. The van der Waals surface area contributed by atoms with Gasteiger partial charge in [-0.05, 0) is 13.8 Å². The molecule has 0 bridgehead atoms. The van der Waals surface area contributed by atoms with E-state index >= 15 is 0 Å². The van der Waals surface area contributed by atoms with Crippen LogP contribution >= 0.6 is 0 Å². The zero-order valence-electron chi connectivity index (χ0n) is 8.34. The van der Waals surface area contributed by atoms with Crippen LogP contribution in [0.15, 0.2) is 0 Å². The Bertz CT molecular complexity index is 204. The number of ketones is 4. The van der Waals surface area contributed by atoms with Gasteiger partial charge in [0.2, 0.25) is 0 Å². The van der Waals surface area contributed by atoms with Gasteiger partial charge < -0.3 is 0 Å². The molecule has 0 fully saturated rings. The molecule has 0 radical (unpaired) electrons. The van der Waals surface area contributed by atoms with Crippen LogP contribution in [0.5, 0.6) is 0 Å². The highest BCUT2D eigenvalue weighted by molar-refractivity contribution is 6.35. The summed E-state index contributed by atoms with van der Waals surface area (Å²) in [7, 11) is 0. The Hall–Kier alpha value is -1.32. The van der Waals surface area contributed by atoms with Crippen molar-refractivity contribution in [2.24, 2.45) is 0 Å². The molecule has 0 aromatic heterocycles. The number of hydrogen-bond acceptors (Lipinski definition) is 4. The van der Waals surface area contributed by atoms with Crippen molar-refractivity contribution in [1.82, 2.24) is 0 Å². The molecule has 0 aliphatic heterocycles. The molecule has 0 saturated carbocycles. The number of hydrogen-bond donors (Lipinski definition) is 0. The van der Waals surface area contributed by atoms with Gasteiger partial charge in [-0.2, -0.15) is 0 Å². The summed E-state index contributed by atoms with van der Waals surface area (Å²) >= 11 is 0. The Morgan fingerprint density at radius 2 is 0.923 bits per heavy atom. The average molecular weight is 186 g/mol. The lowest BCUT2D eigenvalue weighted by atomic mass is 10.2. The second kappa shape index (κ2) is 7.34. The Kier molecular flexibility index (Phi) is 8.02. The topological polar surface area (TPSA) is 68.3 Å². The van der Waals surface area contributed by atoms with Crippen LogP contribution in [0.2, 0.25) is 0 Å². The van der Waals surface area contributed by atoms with Crippen LogP contribution in [-0.4, -0.2) is 23.1 Å². The van der Waals surface area contributed by atoms with Gasteiger partial charge in [-0.15, -0.1) is 0 Å². The van der Waals surface area contributed by atoms with E-state index in [1.807, 2.05) is 0 Å². The molecule has 0 aromatic carbocycles. The van der Waals surface area contributed by atoms with Crippen molar-refractivity contribution >= 4 is 23.1 Å². The number of carbonyl (C=O) groups is 4. The highest BCUT2D eigenvalue weighted by Gasteiger charge is 1.95. The van der Waals surface area contributed by atoms with Crippen LogP contribution in [0, 0.1) is 0 Å². The lowest BCUT2D eigenvalue weighted by molar-refractivity contribution is -0.134. The Labute approximate surface area is 77.3 Å². The van der Waals surface area contributed by atoms with E-state index in [-0.39, 0.29) is 29.6 Å². The maximum absolute atomic E-state index is 10.0. The quantitative estimate of drug-likeness (QED) is 0.481. The van der Waals surface area contributed by atoms with Gasteiger partial charge in [0.1, 0.15) is 11.6 Å². The van der Waals surface area contributed by atoms with Crippen molar-refractivity contribution in [3.63, 3.8) is 0 Å². The molecular formula is C9H14O4. The molecule has 74 valence electrons. The van der Waals surface area contributed by atoms with Gasteiger partial charge in [0, 0.05) is 13.8 Å². The second-order valence-electron chi connectivity index (χ2n) is 2.69. The summed E-state index contributed by atoms with van der Waals surface area (Å²) in [4.78, 5) is 39.7. The smallest absolute Gasteiger partial charge is 0.195 e.